The predicted octanol–water partition coefficient (Wildman–Crippen LogP) is 2.54. The molecule has 1 aliphatic heterocycles. The van der Waals surface area contributed by atoms with Crippen molar-refractivity contribution in [2.75, 3.05) is 0 Å². The summed E-state index contributed by atoms with van der Waals surface area (Å²) in [7, 11) is 0. The van der Waals surface area contributed by atoms with E-state index in [9.17, 15) is 9.18 Å². The van der Waals surface area contributed by atoms with Gasteiger partial charge in [0.1, 0.15) is 24.0 Å². The molecule has 2 heterocycles. The van der Waals surface area contributed by atoms with Crippen molar-refractivity contribution in [2.45, 2.75) is 16.8 Å². The zero-order valence-corrected chi connectivity index (χ0v) is 11.6. The number of ether oxygens (including phenoxy) is 1. The minimum absolute atomic E-state index is 0.0994. The number of carbonyl (C=O) groups excluding carboxylic acids is 1. The van der Waals surface area contributed by atoms with Gasteiger partial charge in [-0.1, -0.05) is 23.9 Å². The van der Waals surface area contributed by atoms with Crippen molar-refractivity contribution >= 4 is 29.8 Å². The van der Waals surface area contributed by atoms with Crippen LogP contribution in [0, 0.1) is 5.82 Å². The van der Waals surface area contributed by atoms with Gasteiger partial charge in [0.25, 0.3) is 0 Å². The molecule has 21 heavy (non-hydrogen) atoms. The Bertz CT molecular complexity index is 691. The van der Waals surface area contributed by atoms with Crippen molar-refractivity contribution in [3.8, 4) is 0 Å². The fourth-order valence-electron chi connectivity index (χ4n) is 1.72. The van der Waals surface area contributed by atoms with Crippen LogP contribution >= 0.6 is 11.8 Å². The summed E-state index contributed by atoms with van der Waals surface area (Å²) in [4.78, 5) is 24.8. The number of aliphatic imine (C=N–C) groups is 1. The maximum absolute atomic E-state index is 12.8. The second-order valence-corrected chi connectivity index (χ2v) is 5.44. The zero-order valence-electron chi connectivity index (χ0n) is 10.8. The number of rotatable bonds is 3. The summed E-state index contributed by atoms with van der Waals surface area (Å²) >= 11 is 1.29. The van der Waals surface area contributed by atoms with E-state index < -0.39 is 11.2 Å². The Hall–Kier alpha value is -2.28. The first-order chi connectivity index (χ1) is 10.2. The van der Waals surface area contributed by atoms with Gasteiger partial charge in [-0.3, -0.25) is 4.79 Å². The van der Waals surface area contributed by atoms with Crippen molar-refractivity contribution in [3.63, 3.8) is 0 Å². The number of nitrogens with zero attached hydrogens (tertiary/aromatic N) is 3. The number of halogens is 1. The molecule has 7 heteroatoms. The smallest absolute Gasteiger partial charge is 0.325 e. The molecule has 3 rings (SSSR count). The van der Waals surface area contributed by atoms with Crippen molar-refractivity contribution in [2.24, 2.45) is 4.99 Å². The number of aromatic nitrogens is 2. The Morgan fingerprint density at radius 3 is 2.95 bits per heavy atom. The molecule has 1 aromatic heterocycles. The van der Waals surface area contributed by atoms with Gasteiger partial charge in [-0.25, -0.2) is 19.4 Å². The lowest BCUT2D eigenvalue weighted by Gasteiger charge is -2.15. The first-order valence-corrected chi connectivity index (χ1v) is 7.02. The minimum atomic E-state index is -0.524. The molecule has 1 atom stereocenters. The lowest BCUT2D eigenvalue weighted by Crippen LogP contribution is -2.23. The lowest BCUT2D eigenvalue weighted by atomic mass is 10.2. The van der Waals surface area contributed by atoms with Crippen LogP contribution in [0.15, 0.2) is 46.7 Å². The van der Waals surface area contributed by atoms with Crippen LogP contribution in [0.3, 0.4) is 0 Å². The monoisotopic (exact) mass is 303 g/mol. The van der Waals surface area contributed by atoms with Crippen LogP contribution in [-0.2, 0) is 16.1 Å². The molecule has 1 aliphatic rings. The molecule has 0 spiro atoms. The largest absolute Gasteiger partial charge is 0.460 e. The number of esters is 1. The number of fused-ring (bicyclic) bond motifs is 1. The number of hydrogen-bond acceptors (Lipinski definition) is 6. The molecule has 0 saturated carbocycles. The van der Waals surface area contributed by atoms with E-state index in [1.165, 1.54) is 36.4 Å². The summed E-state index contributed by atoms with van der Waals surface area (Å²) in [5.74, 6) is -0.170. The van der Waals surface area contributed by atoms with Crippen LogP contribution in [-0.4, -0.2) is 27.4 Å². The van der Waals surface area contributed by atoms with Crippen molar-refractivity contribution < 1.29 is 13.9 Å². The van der Waals surface area contributed by atoms with Crippen LogP contribution in [0.4, 0.5) is 10.2 Å². The summed E-state index contributed by atoms with van der Waals surface area (Å²) in [6.07, 6.45) is 4.53. The quantitative estimate of drug-likeness (QED) is 0.815. The fourth-order valence-corrected chi connectivity index (χ4v) is 2.61. The van der Waals surface area contributed by atoms with Crippen molar-refractivity contribution in [1.82, 2.24) is 9.97 Å². The molecule has 0 fully saturated rings. The second kappa shape index (κ2) is 6.01. The molecule has 1 unspecified atom stereocenters. The third kappa shape index (κ3) is 3.25. The third-order valence-electron chi connectivity index (χ3n) is 2.77. The maximum atomic E-state index is 12.8. The summed E-state index contributed by atoms with van der Waals surface area (Å²) in [6, 6.07) is 5.81. The molecule has 1 aromatic carbocycles. The Morgan fingerprint density at radius 1 is 1.33 bits per heavy atom. The van der Waals surface area contributed by atoms with Crippen LogP contribution in [0.25, 0.3) is 0 Å². The van der Waals surface area contributed by atoms with Gasteiger partial charge >= 0.3 is 5.97 Å². The van der Waals surface area contributed by atoms with Gasteiger partial charge in [0.2, 0.25) is 0 Å². The average Bonchev–Trinajstić information content (AvgIpc) is 2.53. The SMILES string of the molecule is O=C(OCc1ccc(F)cc1)C1C=Nc2ncncc2S1. The van der Waals surface area contributed by atoms with Crippen molar-refractivity contribution in [3.05, 3.63) is 48.2 Å². The highest BCUT2D eigenvalue weighted by Gasteiger charge is 2.24. The highest BCUT2D eigenvalue weighted by Crippen LogP contribution is 2.33. The Labute approximate surface area is 124 Å². The molecular weight excluding hydrogens is 293 g/mol. The van der Waals surface area contributed by atoms with Gasteiger partial charge in [-0.2, -0.15) is 0 Å². The second-order valence-electron chi connectivity index (χ2n) is 4.26. The van der Waals surface area contributed by atoms with E-state index in [1.54, 1.807) is 18.3 Å². The Kier molecular flexibility index (Phi) is 3.92. The molecule has 0 radical (unpaired) electrons. The highest BCUT2D eigenvalue weighted by atomic mass is 32.2. The topological polar surface area (TPSA) is 64.4 Å². The summed E-state index contributed by atoms with van der Waals surface area (Å²) in [5, 5.41) is -0.524. The van der Waals surface area contributed by atoms with Gasteiger partial charge in [-0.15, -0.1) is 0 Å². The normalized spacial score (nSPS) is 16.3. The molecular formula is C14H10FN3O2S. The molecule has 106 valence electrons. The summed E-state index contributed by atoms with van der Waals surface area (Å²) < 4.78 is 18.0. The lowest BCUT2D eigenvalue weighted by molar-refractivity contribution is -0.142. The van der Waals surface area contributed by atoms with Gasteiger partial charge in [0.15, 0.2) is 5.82 Å². The van der Waals surface area contributed by atoms with Gasteiger partial charge in [0.05, 0.1) is 4.90 Å². The Balaban J connectivity index is 1.61. The minimum Gasteiger partial charge on any atom is -0.460 e. The third-order valence-corrected chi connectivity index (χ3v) is 3.88. The van der Waals surface area contributed by atoms with Gasteiger partial charge in [-0.05, 0) is 17.7 Å². The van der Waals surface area contributed by atoms with E-state index in [1.807, 2.05) is 0 Å². The van der Waals surface area contributed by atoms with E-state index in [4.69, 9.17) is 4.74 Å². The van der Waals surface area contributed by atoms with Gasteiger partial charge < -0.3 is 4.74 Å². The van der Waals surface area contributed by atoms with E-state index in [-0.39, 0.29) is 12.4 Å². The number of thioether (sulfide) groups is 1. The zero-order chi connectivity index (χ0) is 14.7. The summed E-state index contributed by atoms with van der Waals surface area (Å²) in [5.41, 5.74) is 0.728. The number of carbonyl (C=O) groups is 1. The molecule has 0 aliphatic carbocycles. The van der Waals surface area contributed by atoms with Crippen LogP contribution < -0.4 is 0 Å². The fraction of sp³-hybridized carbons (Fsp3) is 0.143. The van der Waals surface area contributed by atoms with E-state index in [0.29, 0.717) is 5.82 Å². The Morgan fingerprint density at radius 2 is 2.14 bits per heavy atom. The number of benzene rings is 1. The molecule has 0 N–H and O–H groups in total. The van der Waals surface area contributed by atoms with Crippen LogP contribution in [0.2, 0.25) is 0 Å². The summed E-state index contributed by atoms with van der Waals surface area (Å²) in [6.45, 7) is 0.0994. The molecule has 0 amide bonds. The van der Waals surface area contributed by atoms with E-state index >= 15 is 0 Å². The van der Waals surface area contributed by atoms with E-state index in [0.717, 1.165) is 10.5 Å². The first-order valence-electron chi connectivity index (χ1n) is 6.14. The van der Waals surface area contributed by atoms with Crippen LogP contribution in [0.5, 0.6) is 0 Å². The average molecular weight is 303 g/mol. The predicted molar refractivity (Wildman–Crippen MR) is 76.0 cm³/mol. The van der Waals surface area contributed by atoms with Crippen molar-refractivity contribution in [1.29, 1.82) is 0 Å². The molecule has 0 saturated heterocycles. The number of hydrogen-bond donors (Lipinski definition) is 0. The molecule has 2 aromatic rings. The standard InChI is InChI=1S/C14H10FN3O2S/c15-10-3-1-9(2-4-10)7-20-14(19)12-6-17-13-11(21-12)5-16-8-18-13/h1-6,8,12H,7H2. The van der Waals surface area contributed by atoms with E-state index in [2.05, 4.69) is 15.0 Å². The molecule has 0 bridgehead atoms. The maximum Gasteiger partial charge on any atom is 0.325 e. The highest BCUT2D eigenvalue weighted by molar-refractivity contribution is 8.01. The van der Waals surface area contributed by atoms with Crippen LogP contribution in [0.1, 0.15) is 5.56 Å². The van der Waals surface area contributed by atoms with Gasteiger partial charge in [0, 0.05) is 12.4 Å². The first kappa shape index (κ1) is 13.7. The molecule has 5 nitrogen and oxygen atoms in total.